The molecule has 0 amide bonds. The van der Waals surface area contributed by atoms with Gasteiger partial charge in [-0.3, -0.25) is 0 Å². The largest absolute Gasteiger partial charge is 0.668 e. The molecule has 0 radical (unpaired) electrons. The monoisotopic (exact) mass is 196 g/mol. The van der Waals surface area contributed by atoms with Gasteiger partial charge in [0.15, 0.2) is 0 Å². The van der Waals surface area contributed by atoms with E-state index in [1.807, 2.05) is 0 Å². The Morgan fingerprint density at radius 3 is 1.92 bits per heavy atom. The van der Waals surface area contributed by atoms with E-state index in [-0.39, 0.29) is 5.97 Å². The molecule has 0 saturated heterocycles. The lowest BCUT2D eigenvalue weighted by atomic mass is 10.6. The first-order chi connectivity index (χ1) is 5.31. The van der Waals surface area contributed by atoms with E-state index in [1.54, 1.807) is 6.92 Å². The fourth-order valence-corrected chi connectivity index (χ4v) is 0.201. The Labute approximate surface area is 70.8 Å². The predicted octanol–water partition coefficient (Wildman–Crippen LogP) is -1.87. The highest BCUT2D eigenvalue weighted by molar-refractivity contribution is 6.46. The molecule has 7 heteroatoms. The van der Waals surface area contributed by atoms with Gasteiger partial charge in [0, 0.05) is 6.08 Å². The summed E-state index contributed by atoms with van der Waals surface area (Å²) in [5.74, 6) is -0.359. The number of carbonyl (C=O) groups is 1. The summed E-state index contributed by atoms with van der Waals surface area (Å²) in [6.07, 6.45) is 1.14. The Hall–Kier alpha value is -0.733. The maximum absolute atomic E-state index is 10.1. The van der Waals surface area contributed by atoms with Gasteiger partial charge in [0.05, 0.1) is 6.61 Å². The summed E-state index contributed by atoms with van der Waals surface area (Å²) in [5, 5.41) is 0. The highest BCUT2D eigenvalue weighted by atomic mass is 28.4. The van der Waals surface area contributed by atoms with Gasteiger partial charge in [0.25, 0.3) is 0 Å². The van der Waals surface area contributed by atoms with Crippen molar-refractivity contribution in [1.29, 1.82) is 0 Å². The molecular formula is C5H12O6Si. The van der Waals surface area contributed by atoms with E-state index in [0.29, 0.717) is 6.61 Å². The normalized spacial score (nSPS) is 9.42. The van der Waals surface area contributed by atoms with Gasteiger partial charge >= 0.3 is 15.0 Å². The van der Waals surface area contributed by atoms with Crippen molar-refractivity contribution in [3.05, 3.63) is 12.7 Å². The van der Waals surface area contributed by atoms with E-state index < -0.39 is 9.05 Å². The lowest BCUT2D eigenvalue weighted by Gasteiger charge is -1.91. The smallest absolute Gasteiger partial charge is 0.463 e. The maximum atomic E-state index is 10.1. The fourth-order valence-electron chi connectivity index (χ4n) is 0.201. The van der Waals surface area contributed by atoms with Crippen molar-refractivity contribution in [3.8, 4) is 0 Å². The second kappa shape index (κ2) is 6.95. The number of carbonyl (C=O) groups excluding carboxylic acids is 1. The minimum absolute atomic E-state index is 0.359. The van der Waals surface area contributed by atoms with Crippen LogP contribution in [-0.2, 0) is 9.53 Å². The number of esters is 1. The zero-order valence-electron chi connectivity index (χ0n) is 6.60. The van der Waals surface area contributed by atoms with E-state index in [4.69, 9.17) is 19.2 Å². The van der Waals surface area contributed by atoms with Crippen LogP contribution in [0.5, 0.6) is 0 Å². The Morgan fingerprint density at radius 2 is 1.83 bits per heavy atom. The van der Waals surface area contributed by atoms with Crippen molar-refractivity contribution in [2.75, 3.05) is 6.61 Å². The summed E-state index contributed by atoms with van der Waals surface area (Å²) in [6.45, 7) is 5.38. The van der Waals surface area contributed by atoms with Gasteiger partial charge in [-0.1, -0.05) is 6.58 Å². The van der Waals surface area contributed by atoms with Gasteiger partial charge in [-0.25, -0.2) is 4.79 Å². The third-order valence-electron chi connectivity index (χ3n) is 0.453. The van der Waals surface area contributed by atoms with Crippen LogP contribution in [0.25, 0.3) is 0 Å². The molecule has 0 rings (SSSR count). The Bertz CT molecular complexity index is 133. The molecule has 72 valence electrons. The number of ether oxygens (including phenoxy) is 1. The van der Waals surface area contributed by atoms with Gasteiger partial charge in [-0.15, -0.1) is 0 Å². The molecule has 0 heterocycles. The molecular weight excluding hydrogens is 184 g/mol. The van der Waals surface area contributed by atoms with Crippen LogP contribution in [0.15, 0.2) is 12.7 Å². The van der Waals surface area contributed by atoms with Gasteiger partial charge in [0.1, 0.15) is 0 Å². The van der Waals surface area contributed by atoms with Crippen molar-refractivity contribution >= 4 is 15.0 Å². The molecule has 0 aliphatic carbocycles. The minimum atomic E-state index is -4.61. The summed E-state index contributed by atoms with van der Waals surface area (Å²) < 4.78 is 4.43. The summed E-state index contributed by atoms with van der Waals surface area (Å²) in [5.41, 5.74) is 0. The van der Waals surface area contributed by atoms with Crippen molar-refractivity contribution in [2.45, 2.75) is 6.92 Å². The molecule has 0 aromatic carbocycles. The van der Waals surface area contributed by atoms with Crippen LogP contribution in [0, 0.1) is 0 Å². The third-order valence-corrected chi connectivity index (χ3v) is 0.453. The van der Waals surface area contributed by atoms with Crippen molar-refractivity contribution in [2.24, 2.45) is 0 Å². The molecule has 0 fully saturated rings. The first-order valence-corrected chi connectivity index (χ1v) is 4.78. The zero-order chi connectivity index (χ0) is 10.2. The average molecular weight is 196 g/mol. The highest BCUT2D eigenvalue weighted by Gasteiger charge is 2.22. The van der Waals surface area contributed by atoms with Crippen molar-refractivity contribution in [3.63, 3.8) is 0 Å². The molecule has 0 bridgehead atoms. The van der Waals surface area contributed by atoms with Crippen molar-refractivity contribution in [1.82, 2.24) is 0 Å². The molecule has 0 aliphatic rings. The zero-order valence-corrected chi connectivity index (χ0v) is 7.60. The highest BCUT2D eigenvalue weighted by Crippen LogP contribution is 1.74. The SMILES string of the molecule is C=CC(=O)OCC.O[Si](O)(O)O. The predicted molar refractivity (Wildman–Crippen MR) is 41.5 cm³/mol. The number of rotatable bonds is 2. The van der Waals surface area contributed by atoms with Crippen LogP contribution >= 0.6 is 0 Å². The van der Waals surface area contributed by atoms with Crippen LogP contribution < -0.4 is 0 Å². The van der Waals surface area contributed by atoms with Crippen LogP contribution in [-0.4, -0.2) is 40.8 Å². The quantitative estimate of drug-likeness (QED) is 0.234. The van der Waals surface area contributed by atoms with Crippen LogP contribution in [0.1, 0.15) is 6.92 Å². The van der Waals surface area contributed by atoms with E-state index in [1.165, 1.54) is 0 Å². The minimum Gasteiger partial charge on any atom is -0.463 e. The average Bonchev–Trinajstić information content (AvgIpc) is 1.85. The molecule has 12 heavy (non-hydrogen) atoms. The number of hydrogen-bond acceptors (Lipinski definition) is 6. The molecule has 0 saturated carbocycles. The van der Waals surface area contributed by atoms with E-state index in [9.17, 15) is 4.79 Å². The van der Waals surface area contributed by atoms with Crippen LogP contribution in [0.4, 0.5) is 0 Å². The van der Waals surface area contributed by atoms with E-state index in [2.05, 4.69) is 11.3 Å². The van der Waals surface area contributed by atoms with Gasteiger partial charge in [-0.2, -0.15) is 0 Å². The van der Waals surface area contributed by atoms with Crippen LogP contribution in [0.2, 0.25) is 0 Å². The second-order valence-corrected chi connectivity index (χ2v) is 2.76. The fraction of sp³-hybridized carbons (Fsp3) is 0.400. The molecule has 0 unspecified atom stereocenters. The summed E-state index contributed by atoms with van der Waals surface area (Å²) in [4.78, 5) is 39.4. The summed E-state index contributed by atoms with van der Waals surface area (Å²) in [6, 6.07) is 0. The molecule has 4 N–H and O–H groups in total. The molecule has 0 aromatic rings. The second-order valence-electron chi connectivity index (χ2n) is 1.56. The Balaban J connectivity index is 0. The van der Waals surface area contributed by atoms with Crippen LogP contribution in [0.3, 0.4) is 0 Å². The summed E-state index contributed by atoms with van der Waals surface area (Å²) in [7, 11) is -4.61. The van der Waals surface area contributed by atoms with E-state index >= 15 is 0 Å². The first-order valence-electron chi connectivity index (χ1n) is 3.00. The van der Waals surface area contributed by atoms with Crippen molar-refractivity contribution < 1.29 is 28.7 Å². The lowest BCUT2D eigenvalue weighted by Crippen LogP contribution is -2.33. The van der Waals surface area contributed by atoms with Gasteiger partial charge in [-0.05, 0) is 6.92 Å². The van der Waals surface area contributed by atoms with E-state index in [0.717, 1.165) is 6.08 Å². The first kappa shape index (κ1) is 13.8. The third kappa shape index (κ3) is 34.8. The van der Waals surface area contributed by atoms with Gasteiger partial charge in [0.2, 0.25) is 0 Å². The molecule has 0 atom stereocenters. The summed E-state index contributed by atoms with van der Waals surface area (Å²) >= 11 is 0. The maximum Gasteiger partial charge on any atom is 0.668 e. The lowest BCUT2D eigenvalue weighted by molar-refractivity contribution is -0.137. The molecule has 0 spiro atoms. The standard InChI is InChI=1S/C5H8O2.H4O4Si/c1-3-5(6)7-4-2;1-5(2,3)4/h3H,1,4H2,2H3;1-4H. The molecule has 0 aromatic heterocycles. The molecule has 0 aliphatic heterocycles. The Morgan fingerprint density at radius 1 is 1.50 bits per heavy atom. The Kier molecular flexibility index (Phi) is 8.00. The topological polar surface area (TPSA) is 107 Å². The molecule has 6 nitrogen and oxygen atoms in total. The van der Waals surface area contributed by atoms with Gasteiger partial charge < -0.3 is 23.9 Å². The number of hydrogen-bond donors (Lipinski definition) is 4.